The second-order valence-corrected chi connectivity index (χ2v) is 23.1. The topological polar surface area (TPSA) is 19.6 Å². The summed E-state index contributed by atoms with van der Waals surface area (Å²) in [6.07, 6.45) is 1.10. The van der Waals surface area contributed by atoms with E-state index >= 15 is 4.39 Å². The molecule has 0 fully saturated rings. The van der Waals surface area contributed by atoms with Crippen molar-refractivity contribution >= 4 is 56.1 Å². The van der Waals surface area contributed by atoms with Gasteiger partial charge in [-0.15, -0.1) is 0 Å². The summed E-state index contributed by atoms with van der Waals surface area (Å²) in [5, 5.41) is 2.04. The zero-order chi connectivity index (χ0) is 55.0. The summed E-state index contributed by atoms with van der Waals surface area (Å²) in [6, 6.07) is 92.3. The van der Waals surface area contributed by atoms with E-state index < -0.39 is 0 Å². The molecule has 0 bridgehead atoms. The Morgan fingerprint density at radius 1 is 0.375 bits per heavy atom. The predicted octanol–water partition coefficient (Wildman–Crippen LogP) is 21.4. The van der Waals surface area contributed by atoms with Crippen LogP contribution in [-0.4, -0.2) is 0 Å². The SMILES string of the molecule is CC(C)(C)c1ccc(N(c2ccc(-c3ccccc3)cc2)c2ccc(-c3c(Cc4ccccc4)cc(N(c4ccc(-c5ccccc5)cc4)c4ccc(C(C)(C)C)cc4)c4c3oc3ccccc34)c(Cc3cccc(F)c3)c2)cc1. The van der Waals surface area contributed by atoms with Crippen molar-refractivity contribution in [1.29, 1.82) is 0 Å². The van der Waals surface area contributed by atoms with Crippen LogP contribution >= 0.6 is 0 Å². The maximum Gasteiger partial charge on any atom is 0.145 e. The lowest BCUT2D eigenvalue weighted by molar-refractivity contribution is 0.590. The molecule has 0 amide bonds. The van der Waals surface area contributed by atoms with Gasteiger partial charge in [-0.05, 0) is 170 Å². The van der Waals surface area contributed by atoms with Gasteiger partial charge in [-0.3, -0.25) is 0 Å². The van der Waals surface area contributed by atoms with Crippen LogP contribution in [-0.2, 0) is 23.7 Å². The summed E-state index contributed by atoms with van der Waals surface area (Å²) in [5.41, 5.74) is 21.1. The van der Waals surface area contributed by atoms with E-state index in [-0.39, 0.29) is 16.6 Å². The average Bonchev–Trinajstić information content (AvgIpc) is 3.91. The van der Waals surface area contributed by atoms with Crippen LogP contribution in [0.3, 0.4) is 0 Å². The smallest absolute Gasteiger partial charge is 0.145 e. The van der Waals surface area contributed by atoms with Crippen molar-refractivity contribution in [1.82, 2.24) is 0 Å². The van der Waals surface area contributed by atoms with Gasteiger partial charge >= 0.3 is 0 Å². The van der Waals surface area contributed by atoms with E-state index in [9.17, 15) is 0 Å². The van der Waals surface area contributed by atoms with Gasteiger partial charge in [0.05, 0.1) is 11.1 Å². The maximum absolute atomic E-state index is 15.4. The molecule has 392 valence electrons. The normalized spacial score (nSPS) is 11.8. The van der Waals surface area contributed by atoms with Crippen LogP contribution in [0.25, 0.3) is 55.3 Å². The van der Waals surface area contributed by atoms with Crippen molar-refractivity contribution in [2.24, 2.45) is 0 Å². The van der Waals surface area contributed by atoms with Crippen molar-refractivity contribution in [2.45, 2.75) is 65.2 Å². The Balaban J connectivity index is 1.11. The highest BCUT2D eigenvalue weighted by Gasteiger charge is 2.28. The molecular weight excluding hydrogens is 976 g/mol. The van der Waals surface area contributed by atoms with Gasteiger partial charge in [0.25, 0.3) is 0 Å². The number of para-hydroxylation sites is 1. The summed E-state index contributed by atoms with van der Waals surface area (Å²) < 4.78 is 22.8. The first-order valence-corrected chi connectivity index (χ1v) is 27.8. The van der Waals surface area contributed by atoms with E-state index in [1.54, 1.807) is 6.07 Å². The van der Waals surface area contributed by atoms with Crippen molar-refractivity contribution in [3.8, 4) is 33.4 Å². The summed E-state index contributed by atoms with van der Waals surface area (Å²) in [4.78, 5) is 4.75. The second kappa shape index (κ2) is 21.5. The molecule has 0 N–H and O–H groups in total. The van der Waals surface area contributed by atoms with Gasteiger partial charge in [-0.25, -0.2) is 4.39 Å². The molecule has 0 saturated carbocycles. The van der Waals surface area contributed by atoms with Gasteiger partial charge in [-0.1, -0.05) is 217 Å². The van der Waals surface area contributed by atoms with E-state index in [1.165, 1.54) is 33.9 Å². The van der Waals surface area contributed by atoms with Gasteiger partial charge in [0.2, 0.25) is 0 Å². The van der Waals surface area contributed by atoms with Gasteiger partial charge in [0, 0.05) is 39.4 Å². The minimum absolute atomic E-state index is 0.0175. The van der Waals surface area contributed by atoms with Gasteiger partial charge in [0.1, 0.15) is 17.0 Å². The van der Waals surface area contributed by atoms with Gasteiger partial charge in [0.15, 0.2) is 0 Å². The highest BCUT2D eigenvalue weighted by atomic mass is 19.1. The van der Waals surface area contributed by atoms with Crippen LogP contribution in [0.1, 0.15) is 74.9 Å². The van der Waals surface area contributed by atoms with Gasteiger partial charge < -0.3 is 14.2 Å². The zero-order valence-electron chi connectivity index (χ0n) is 46.4. The molecule has 3 nitrogen and oxygen atoms in total. The minimum atomic E-state index is -0.263. The molecular formula is C76H65FN2O. The molecule has 12 aromatic rings. The number of anilines is 6. The van der Waals surface area contributed by atoms with Crippen molar-refractivity contribution in [3.05, 3.63) is 300 Å². The Bertz CT molecular complexity index is 4100. The van der Waals surface area contributed by atoms with Crippen LogP contribution in [0.5, 0.6) is 0 Å². The maximum atomic E-state index is 15.4. The number of benzene rings is 11. The standard InChI is InChI=1S/C76H65FN2O/c1-75(2,3)60-33-41-64(42-34-60)78(63-37-29-56(30-38-63)54-22-12-8-13-23-54)67-45-46-68(58(50-67)48-53-21-18-26-62(77)49-53)72-59(47-52-19-10-7-11-20-52)51-70(73-69-27-16-17-28-71(69)80-74(72)73)79(66-43-35-61(36-44-66)76(4,5)6)65-39-31-57(32-40-65)55-24-14-9-15-25-55/h7-46,49-51H,47-48H2,1-6H3. The molecule has 1 aromatic heterocycles. The van der Waals surface area contributed by atoms with Crippen LogP contribution < -0.4 is 9.80 Å². The van der Waals surface area contributed by atoms with Crippen LogP contribution in [0, 0.1) is 5.82 Å². The van der Waals surface area contributed by atoms with Crippen LogP contribution in [0.2, 0.25) is 0 Å². The van der Waals surface area contributed by atoms with E-state index in [1.807, 2.05) is 12.1 Å². The molecule has 0 unspecified atom stereocenters. The first-order chi connectivity index (χ1) is 38.8. The summed E-state index contributed by atoms with van der Waals surface area (Å²) in [6.45, 7) is 13.5. The molecule has 4 heteroatoms. The number of halogens is 1. The molecule has 80 heavy (non-hydrogen) atoms. The van der Waals surface area contributed by atoms with Crippen molar-refractivity contribution in [3.63, 3.8) is 0 Å². The number of nitrogens with zero attached hydrogens (tertiary/aromatic N) is 2. The monoisotopic (exact) mass is 1040 g/mol. The van der Waals surface area contributed by atoms with Crippen molar-refractivity contribution in [2.75, 3.05) is 9.80 Å². The van der Waals surface area contributed by atoms with Crippen molar-refractivity contribution < 1.29 is 8.81 Å². The lowest BCUT2D eigenvalue weighted by Crippen LogP contribution is -2.14. The highest BCUT2D eigenvalue weighted by Crippen LogP contribution is 2.50. The third-order valence-electron chi connectivity index (χ3n) is 15.5. The molecule has 11 aromatic carbocycles. The van der Waals surface area contributed by atoms with E-state index in [0.29, 0.717) is 12.8 Å². The fourth-order valence-electron chi connectivity index (χ4n) is 11.3. The van der Waals surface area contributed by atoms with Crippen LogP contribution in [0.4, 0.5) is 38.5 Å². The molecule has 0 spiro atoms. The zero-order valence-corrected chi connectivity index (χ0v) is 46.4. The Kier molecular flexibility index (Phi) is 13.9. The highest BCUT2D eigenvalue weighted by molar-refractivity contribution is 6.18. The molecule has 0 atom stereocenters. The predicted molar refractivity (Wildman–Crippen MR) is 335 cm³/mol. The van der Waals surface area contributed by atoms with Crippen LogP contribution in [0.15, 0.2) is 265 Å². The minimum Gasteiger partial charge on any atom is -0.455 e. The Morgan fingerprint density at radius 3 is 1.36 bits per heavy atom. The third-order valence-corrected chi connectivity index (χ3v) is 15.5. The number of fused-ring (bicyclic) bond motifs is 3. The molecule has 0 aliphatic rings. The number of hydrogen-bond donors (Lipinski definition) is 0. The first-order valence-electron chi connectivity index (χ1n) is 27.8. The molecule has 12 rings (SSSR count). The summed E-state index contributed by atoms with van der Waals surface area (Å²) in [5.74, 6) is -0.263. The summed E-state index contributed by atoms with van der Waals surface area (Å²) >= 11 is 0. The van der Waals surface area contributed by atoms with Gasteiger partial charge in [-0.2, -0.15) is 0 Å². The first kappa shape index (κ1) is 51.5. The fourth-order valence-corrected chi connectivity index (χ4v) is 11.3. The average molecular weight is 1040 g/mol. The molecule has 0 aliphatic carbocycles. The van der Waals surface area contributed by atoms with E-state index in [4.69, 9.17) is 4.42 Å². The van der Waals surface area contributed by atoms with E-state index in [2.05, 4.69) is 288 Å². The van der Waals surface area contributed by atoms with E-state index in [0.717, 1.165) is 95.0 Å². The molecule has 0 saturated heterocycles. The largest absolute Gasteiger partial charge is 0.455 e. The summed E-state index contributed by atoms with van der Waals surface area (Å²) in [7, 11) is 0. The third kappa shape index (κ3) is 10.6. The lowest BCUT2D eigenvalue weighted by Gasteiger charge is -2.30. The number of hydrogen-bond acceptors (Lipinski definition) is 3. The number of rotatable bonds is 13. The Morgan fingerprint density at radius 2 is 0.825 bits per heavy atom. The number of furan rings is 1. The molecule has 0 radical (unpaired) electrons. The molecule has 1 heterocycles. The Labute approximate surface area is 470 Å². The quantitative estimate of drug-likeness (QED) is 0.115. The Hall–Kier alpha value is -9.25. The fraction of sp³-hybridized carbons (Fsp3) is 0.132. The molecule has 0 aliphatic heterocycles. The lowest BCUT2D eigenvalue weighted by atomic mass is 9.86. The second-order valence-electron chi connectivity index (χ2n) is 23.1.